The molecule has 0 radical (unpaired) electrons. The molecule has 1 aliphatic heterocycles. The Morgan fingerprint density at radius 1 is 1.64 bits per heavy atom. The molecular formula is C10H20N2OS. The molecule has 1 N–H and O–H groups in total. The number of nitrogens with zero attached hydrogens (tertiary/aromatic N) is 1. The molecule has 14 heavy (non-hydrogen) atoms. The highest BCUT2D eigenvalue weighted by atomic mass is 32.2. The van der Waals surface area contributed by atoms with Crippen LogP contribution in [0.3, 0.4) is 0 Å². The molecule has 3 unspecified atom stereocenters. The highest BCUT2D eigenvalue weighted by Crippen LogP contribution is 2.17. The molecule has 1 heterocycles. The molecule has 3 nitrogen and oxygen atoms in total. The average Bonchev–Trinajstić information content (AvgIpc) is 2.41. The maximum Gasteiger partial charge on any atom is 0.241 e. The Balaban J connectivity index is 2.64. The fourth-order valence-corrected chi connectivity index (χ4v) is 2.67. The third kappa shape index (κ3) is 2.23. The fourth-order valence-electron chi connectivity index (χ4n) is 2.03. The van der Waals surface area contributed by atoms with Gasteiger partial charge in [-0.15, -0.1) is 0 Å². The number of hydrogen-bond acceptors (Lipinski definition) is 3. The lowest BCUT2D eigenvalue weighted by atomic mass is 10.2. The van der Waals surface area contributed by atoms with E-state index >= 15 is 0 Å². The van der Waals surface area contributed by atoms with Crippen LogP contribution in [0, 0.1) is 0 Å². The zero-order valence-corrected chi connectivity index (χ0v) is 10.2. The molecule has 1 saturated heterocycles. The minimum atomic E-state index is 0.0364. The summed E-state index contributed by atoms with van der Waals surface area (Å²) in [6.45, 7) is 6.22. The third-order valence-electron chi connectivity index (χ3n) is 2.70. The molecule has 0 spiro atoms. The molecule has 0 aliphatic carbocycles. The summed E-state index contributed by atoms with van der Waals surface area (Å²) in [7, 11) is 0. The summed E-state index contributed by atoms with van der Waals surface area (Å²) in [4.78, 5) is 13.9. The highest BCUT2D eigenvalue weighted by molar-refractivity contribution is 7.98. The summed E-state index contributed by atoms with van der Waals surface area (Å²) < 4.78 is 0. The van der Waals surface area contributed by atoms with E-state index in [4.69, 9.17) is 0 Å². The second-order valence-electron chi connectivity index (χ2n) is 3.85. The van der Waals surface area contributed by atoms with Gasteiger partial charge in [0.25, 0.3) is 0 Å². The molecule has 1 rings (SSSR count). The highest BCUT2D eigenvalue weighted by Gasteiger charge is 2.37. The lowest BCUT2D eigenvalue weighted by molar-refractivity contribution is -0.131. The van der Waals surface area contributed by atoms with E-state index in [-0.39, 0.29) is 18.1 Å². The smallest absolute Gasteiger partial charge is 0.241 e. The Bertz CT molecular complexity index is 210. The molecule has 0 bridgehead atoms. The third-order valence-corrected chi connectivity index (χ3v) is 3.52. The largest absolute Gasteiger partial charge is 0.323 e. The van der Waals surface area contributed by atoms with Crippen molar-refractivity contribution in [2.24, 2.45) is 0 Å². The van der Waals surface area contributed by atoms with Crippen LogP contribution in [0.4, 0.5) is 0 Å². The van der Waals surface area contributed by atoms with Crippen LogP contribution in [0.2, 0.25) is 0 Å². The maximum atomic E-state index is 11.9. The summed E-state index contributed by atoms with van der Waals surface area (Å²) in [5.41, 5.74) is 0. The van der Waals surface area contributed by atoms with Crippen LogP contribution in [0.25, 0.3) is 0 Å². The summed E-state index contributed by atoms with van der Waals surface area (Å²) in [5, 5.41) is 3.31. The van der Waals surface area contributed by atoms with E-state index in [1.807, 2.05) is 11.8 Å². The van der Waals surface area contributed by atoms with Crippen molar-refractivity contribution in [3.8, 4) is 0 Å². The molecule has 82 valence electrons. The first-order valence-electron chi connectivity index (χ1n) is 5.19. The van der Waals surface area contributed by atoms with Crippen molar-refractivity contribution in [3.63, 3.8) is 0 Å². The second kappa shape index (κ2) is 5.03. The van der Waals surface area contributed by atoms with Gasteiger partial charge in [-0.2, -0.15) is 11.8 Å². The van der Waals surface area contributed by atoms with Gasteiger partial charge in [0, 0.05) is 11.8 Å². The van der Waals surface area contributed by atoms with Crippen LogP contribution in [-0.2, 0) is 4.79 Å². The average molecular weight is 216 g/mol. The minimum absolute atomic E-state index is 0.0364. The van der Waals surface area contributed by atoms with Crippen molar-refractivity contribution < 1.29 is 4.79 Å². The van der Waals surface area contributed by atoms with Gasteiger partial charge in [0.15, 0.2) is 0 Å². The number of hydrogen-bond donors (Lipinski definition) is 1. The molecule has 1 aliphatic rings. The number of nitrogens with one attached hydrogen (secondary N) is 1. The van der Waals surface area contributed by atoms with E-state index < -0.39 is 0 Å². The Morgan fingerprint density at radius 2 is 2.29 bits per heavy atom. The van der Waals surface area contributed by atoms with Crippen LogP contribution < -0.4 is 5.32 Å². The van der Waals surface area contributed by atoms with Gasteiger partial charge in [-0.3, -0.25) is 10.1 Å². The van der Waals surface area contributed by atoms with Crippen molar-refractivity contribution in [1.82, 2.24) is 10.2 Å². The molecule has 3 atom stereocenters. The number of carbonyl (C=O) groups is 1. The predicted octanol–water partition coefficient (Wildman–Crippen LogP) is 1.29. The van der Waals surface area contributed by atoms with Crippen LogP contribution in [0.5, 0.6) is 0 Å². The second-order valence-corrected chi connectivity index (χ2v) is 4.76. The summed E-state index contributed by atoms with van der Waals surface area (Å²) in [5.74, 6) is 1.27. The van der Waals surface area contributed by atoms with Crippen molar-refractivity contribution in [1.29, 1.82) is 0 Å². The van der Waals surface area contributed by atoms with Crippen LogP contribution >= 0.6 is 11.8 Å². The van der Waals surface area contributed by atoms with E-state index in [2.05, 4.69) is 25.4 Å². The van der Waals surface area contributed by atoms with Gasteiger partial charge in [0.1, 0.15) is 0 Å². The standard InChI is InChI=1S/C10H20N2OS/c1-5-9-10(13)12(8(3)11-9)7(2)6-14-4/h7-9,11H,5-6H2,1-4H3. The number of rotatable bonds is 4. The van der Waals surface area contributed by atoms with E-state index in [0.717, 1.165) is 12.2 Å². The molecule has 0 aromatic heterocycles. The van der Waals surface area contributed by atoms with E-state index in [9.17, 15) is 4.79 Å². The van der Waals surface area contributed by atoms with E-state index in [1.54, 1.807) is 11.8 Å². The monoisotopic (exact) mass is 216 g/mol. The topological polar surface area (TPSA) is 32.3 Å². The maximum absolute atomic E-state index is 11.9. The first kappa shape index (κ1) is 11.9. The van der Waals surface area contributed by atoms with Crippen molar-refractivity contribution >= 4 is 17.7 Å². The Hall–Kier alpha value is -0.220. The van der Waals surface area contributed by atoms with Gasteiger partial charge < -0.3 is 4.90 Å². The van der Waals surface area contributed by atoms with Gasteiger partial charge in [-0.05, 0) is 26.5 Å². The lowest BCUT2D eigenvalue weighted by Crippen LogP contribution is -2.42. The molecule has 1 fully saturated rings. The van der Waals surface area contributed by atoms with Gasteiger partial charge in [0.05, 0.1) is 12.2 Å². The van der Waals surface area contributed by atoms with Crippen molar-refractivity contribution in [2.45, 2.75) is 45.4 Å². The van der Waals surface area contributed by atoms with Crippen molar-refractivity contribution in [3.05, 3.63) is 0 Å². The van der Waals surface area contributed by atoms with E-state index in [1.165, 1.54) is 0 Å². The first-order chi connectivity index (χ1) is 6.61. The molecule has 1 amide bonds. The van der Waals surface area contributed by atoms with Gasteiger partial charge in [-0.1, -0.05) is 6.92 Å². The Labute approximate surface area is 90.6 Å². The van der Waals surface area contributed by atoms with Gasteiger partial charge in [0.2, 0.25) is 5.91 Å². The summed E-state index contributed by atoms with van der Waals surface area (Å²) in [6, 6.07) is 0.367. The SMILES string of the molecule is CCC1NC(C)N(C(C)CSC)C1=O. The predicted molar refractivity (Wildman–Crippen MR) is 61.4 cm³/mol. The summed E-state index contributed by atoms with van der Waals surface area (Å²) >= 11 is 1.79. The van der Waals surface area contributed by atoms with Gasteiger partial charge in [-0.25, -0.2) is 0 Å². The molecular weight excluding hydrogens is 196 g/mol. The zero-order chi connectivity index (χ0) is 10.7. The zero-order valence-electron chi connectivity index (χ0n) is 9.41. The quantitative estimate of drug-likeness (QED) is 0.768. The molecule has 0 saturated carbocycles. The molecule has 0 aromatic rings. The van der Waals surface area contributed by atoms with Gasteiger partial charge >= 0.3 is 0 Å². The number of carbonyl (C=O) groups excluding carboxylic acids is 1. The lowest BCUT2D eigenvalue weighted by Gasteiger charge is -2.27. The number of amides is 1. The van der Waals surface area contributed by atoms with Crippen LogP contribution in [0.1, 0.15) is 27.2 Å². The minimum Gasteiger partial charge on any atom is -0.323 e. The molecule has 4 heteroatoms. The van der Waals surface area contributed by atoms with E-state index in [0.29, 0.717) is 6.04 Å². The fraction of sp³-hybridized carbons (Fsp3) is 0.900. The summed E-state index contributed by atoms with van der Waals surface area (Å²) in [6.07, 6.45) is 3.15. The number of thioether (sulfide) groups is 1. The first-order valence-corrected chi connectivity index (χ1v) is 6.58. The molecule has 0 aromatic carbocycles. The Kier molecular flexibility index (Phi) is 4.26. The van der Waals surface area contributed by atoms with Crippen LogP contribution in [0.15, 0.2) is 0 Å². The van der Waals surface area contributed by atoms with Crippen molar-refractivity contribution in [2.75, 3.05) is 12.0 Å². The Morgan fingerprint density at radius 3 is 2.71 bits per heavy atom. The normalized spacial score (nSPS) is 29.7. The van der Waals surface area contributed by atoms with Crippen LogP contribution in [-0.4, -0.2) is 41.1 Å².